The molecule has 1 fully saturated rings. The summed E-state index contributed by atoms with van der Waals surface area (Å²) < 4.78 is 29.8. The summed E-state index contributed by atoms with van der Waals surface area (Å²) in [5, 5.41) is 0.979. The molecule has 3 heterocycles. The van der Waals surface area contributed by atoms with Crippen LogP contribution in [0.3, 0.4) is 0 Å². The smallest absolute Gasteiger partial charge is 0.349 e. The van der Waals surface area contributed by atoms with Gasteiger partial charge >= 0.3 is 5.69 Å². The third-order valence-electron chi connectivity index (χ3n) is 6.62. The van der Waals surface area contributed by atoms with E-state index in [0.717, 1.165) is 12.1 Å². The standard InChI is InChI=1S/C24H21ClF2N4O3Si/c1-3-19(32)29-6-7-30(13(2)12-29)23-16-11-17(25)20(15-5-4-14(26)10-18(15)27)22-21(16)31(24(33)28-23)8-9-35(22)34/h3-5,10-11,13H,1,6-9,12H2,2H3/q-1/t13-/m0/s1. The number of hydrogen-bond acceptors (Lipinski definition) is 5. The molecule has 0 bridgehead atoms. The maximum absolute atomic E-state index is 14.8. The van der Waals surface area contributed by atoms with E-state index in [2.05, 4.69) is 11.6 Å². The van der Waals surface area contributed by atoms with Crippen LogP contribution in [0.25, 0.3) is 22.0 Å². The van der Waals surface area contributed by atoms with E-state index < -0.39 is 26.4 Å². The summed E-state index contributed by atoms with van der Waals surface area (Å²) in [6.45, 7) is 6.92. The van der Waals surface area contributed by atoms with E-state index in [9.17, 15) is 23.2 Å². The van der Waals surface area contributed by atoms with Crippen LogP contribution in [-0.2, 0) is 11.3 Å². The van der Waals surface area contributed by atoms with Crippen LogP contribution in [0.1, 0.15) is 6.92 Å². The van der Waals surface area contributed by atoms with Gasteiger partial charge in [-0.2, -0.15) is 4.98 Å². The van der Waals surface area contributed by atoms with Crippen molar-refractivity contribution in [2.75, 3.05) is 24.5 Å². The minimum atomic E-state index is -2.44. The lowest BCUT2D eigenvalue weighted by atomic mass is 10.0. The molecule has 2 aliphatic heterocycles. The number of hydrogen-bond donors (Lipinski definition) is 0. The third-order valence-corrected chi connectivity index (χ3v) is 8.64. The van der Waals surface area contributed by atoms with Gasteiger partial charge in [-0.15, -0.1) is 0 Å². The van der Waals surface area contributed by atoms with Crippen molar-refractivity contribution >= 4 is 48.5 Å². The molecule has 1 radical (unpaired) electrons. The van der Waals surface area contributed by atoms with Crippen LogP contribution in [-0.4, -0.2) is 55.1 Å². The van der Waals surface area contributed by atoms with Gasteiger partial charge in [0, 0.05) is 59.8 Å². The normalized spacial score (nSPS) is 18.3. The minimum absolute atomic E-state index is 0.0239. The number of carbonyl (C=O) groups excluding carboxylic acids is 1. The van der Waals surface area contributed by atoms with Gasteiger partial charge in [0.25, 0.3) is 0 Å². The monoisotopic (exact) mass is 514 g/mol. The predicted octanol–water partition coefficient (Wildman–Crippen LogP) is 1.79. The van der Waals surface area contributed by atoms with Gasteiger partial charge in [-0.1, -0.05) is 24.2 Å². The summed E-state index contributed by atoms with van der Waals surface area (Å²) >= 11 is 6.67. The first kappa shape index (κ1) is 23.6. The maximum Gasteiger partial charge on any atom is 0.349 e. The summed E-state index contributed by atoms with van der Waals surface area (Å²) in [5.74, 6) is -1.36. The van der Waals surface area contributed by atoms with Crippen molar-refractivity contribution in [1.29, 1.82) is 0 Å². The van der Waals surface area contributed by atoms with E-state index >= 15 is 0 Å². The Balaban J connectivity index is 1.74. The number of rotatable bonds is 3. The second-order valence-corrected chi connectivity index (χ2v) is 11.0. The molecule has 7 nitrogen and oxygen atoms in total. The molecule has 1 amide bonds. The SMILES string of the molecule is C=CC(=O)N1CCN(c2nc(=O)n3c4c(c(-c5ccc(F)cc5F)c(Cl)cc24)[Si]([O-])CC3)[C@@H](C)C1. The minimum Gasteiger partial charge on any atom is -0.857 e. The van der Waals surface area contributed by atoms with Crippen molar-refractivity contribution in [3.05, 3.63) is 64.1 Å². The zero-order chi connectivity index (χ0) is 25.0. The van der Waals surface area contributed by atoms with Crippen LogP contribution in [0.5, 0.6) is 0 Å². The number of carbonyl (C=O) groups is 1. The lowest BCUT2D eigenvalue weighted by Crippen LogP contribution is -2.55. The Kier molecular flexibility index (Phi) is 5.98. The molecule has 3 aromatic rings. The van der Waals surface area contributed by atoms with Gasteiger partial charge in [0.15, 0.2) is 0 Å². The summed E-state index contributed by atoms with van der Waals surface area (Å²) in [5.41, 5.74) is 0.138. The second kappa shape index (κ2) is 8.85. The van der Waals surface area contributed by atoms with Crippen molar-refractivity contribution in [1.82, 2.24) is 14.5 Å². The van der Waals surface area contributed by atoms with E-state index in [0.29, 0.717) is 41.5 Å². The van der Waals surface area contributed by atoms with Gasteiger partial charge in [-0.05, 0) is 45.4 Å². The fourth-order valence-corrected chi connectivity index (χ4v) is 7.13. The Labute approximate surface area is 206 Å². The Morgan fingerprint density at radius 3 is 2.74 bits per heavy atom. The van der Waals surface area contributed by atoms with Gasteiger partial charge in [0.05, 0.1) is 5.52 Å². The van der Waals surface area contributed by atoms with E-state index in [1.54, 1.807) is 11.0 Å². The number of piperazine rings is 1. The highest BCUT2D eigenvalue weighted by molar-refractivity contribution is 6.70. The summed E-state index contributed by atoms with van der Waals surface area (Å²) in [4.78, 5) is 46.5. The molecule has 2 aromatic carbocycles. The van der Waals surface area contributed by atoms with Gasteiger partial charge in [-0.25, -0.2) is 13.6 Å². The molecular weight excluding hydrogens is 494 g/mol. The molecule has 35 heavy (non-hydrogen) atoms. The zero-order valence-electron chi connectivity index (χ0n) is 18.9. The Bertz CT molecular complexity index is 1450. The molecule has 2 aliphatic rings. The fourth-order valence-electron chi connectivity index (χ4n) is 4.99. The van der Waals surface area contributed by atoms with Gasteiger partial charge in [0.2, 0.25) is 5.91 Å². The van der Waals surface area contributed by atoms with E-state index in [-0.39, 0.29) is 40.7 Å². The highest BCUT2D eigenvalue weighted by Gasteiger charge is 2.31. The number of halogens is 3. The maximum atomic E-state index is 14.8. The van der Waals surface area contributed by atoms with Crippen LogP contribution in [0.2, 0.25) is 11.1 Å². The van der Waals surface area contributed by atoms with Crippen LogP contribution in [0, 0.1) is 11.6 Å². The van der Waals surface area contributed by atoms with Crippen LogP contribution < -0.4 is 20.6 Å². The molecule has 1 saturated heterocycles. The third kappa shape index (κ3) is 3.85. The number of nitrogens with zero attached hydrogens (tertiary/aromatic N) is 4. The lowest BCUT2D eigenvalue weighted by Gasteiger charge is -2.41. The van der Waals surface area contributed by atoms with Crippen molar-refractivity contribution < 1.29 is 18.4 Å². The first-order chi connectivity index (χ1) is 16.7. The molecule has 0 N–H and O–H groups in total. The van der Waals surface area contributed by atoms with E-state index in [1.807, 2.05) is 11.8 Å². The molecule has 11 heteroatoms. The van der Waals surface area contributed by atoms with Crippen LogP contribution in [0.4, 0.5) is 14.6 Å². The van der Waals surface area contributed by atoms with Crippen molar-refractivity contribution in [2.45, 2.75) is 25.6 Å². The fraction of sp³-hybridized carbons (Fsp3) is 0.292. The summed E-state index contributed by atoms with van der Waals surface area (Å²) in [7, 11) is -2.44. The summed E-state index contributed by atoms with van der Waals surface area (Å²) in [6, 6.07) is 4.77. The summed E-state index contributed by atoms with van der Waals surface area (Å²) in [6.07, 6.45) is 1.27. The average Bonchev–Trinajstić information content (AvgIpc) is 2.82. The number of benzene rings is 2. The Hall–Kier alpha value is -3.08. The van der Waals surface area contributed by atoms with Crippen molar-refractivity contribution in [3.63, 3.8) is 0 Å². The first-order valence-electron chi connectivity index (χ1n) is 11.1. The molecule has 1 aromatic heterocycles. The predicted molar refractivity (Wildman–Crippen MR) is 130 cm³/mol. The second-order valence-electron chi connectivity index (χ2n) is 8.70. The lowest BCUT2D eigenvalue weighted by molar-refractivity contribution is -0.190. The van der Waals surface area contributed by atoms with E-state index in [4.69, 9.17) is 11.6 Å². The molecule has 0 spiro atoms. The quantitative estimate of drug-likeness (QED) is 0.393. The Morgan fingerprint density at radius 1 is 1.29 bits per heavy atom. The van der Waals surface area contributed by atoms with Gasteiger partial charge in [-0.3, -0.25) is 9.36 Å². The number of anilines is 1. The zero-order valence-corrected chi connectivity index (χ0v) is 20.6. The number of aryl methyl sites for hydroxylation is 1. The molecule has 0 unspecified atom stereocenters. The van der Waals surface area contributed by atoms with Crippen LogP contribution in [0.15, 0.2) is 41.7 Å². The molecular formula is C24H21ClF2N4O3Si-. The van der Waals surface area contributed by atoms with Crippen molar-refractivity contribution in [2.24, 2.45) is 0 Å². The van der Waals surface area contributed by atoms with Gasteiger partial charge in [0.1, 0.15) is 17.5 Å². The number of amides is 1. The first-order valence-corrected chi connectivity index (χ1v) is 13.1. The van der Waals surface area contributed by atoms with Crippen molar-refractivity contribution in [3.8, 4) is 11.1 Å². The van der Waals surface area contributed by atoms with E-state index in [1.165, 1.54) is 16.7 Å². The highest BCUT2D eigenvalue weighted by atomic mass is 35.5. The highest BCUT2D eigenvalue weighted by Crippen LogP contribution is 2.37. The molecule has 0 saturated carbocycles. The largest absolute Gasteiger partial charge is 0.857 e. The molecule has 0 aliphatic carbocycles. The molecule has 1 atom stereocenters. The Morgan fingerprint density at radius 2 is 2.06 bits per heavy atom. The molecule has 181 valence electrons. The number of aromatic nitrogens is 2. The van der Waals surface area contributed by atoms with Crippen LogP contribution >= 0.6 is 11.6 Å². The average molecular weight is 515 g/mol. The topological polar surface area (TPSA) is 81.5 Å². The molecule has 5 rings (SSSR count). The van der Waals surface area contributed by atoms with Gasteiger partial charge < -0.3 is 14.6 Å².